The number of fused-ring (bicyclic) bond motifs is 1. The molecule has 0 radical (unpaired) electrons. The highest BCUT2D eigenvalue weighted by Gasteiger charge is 2.12. The highest BCUT2D eigenvalue weighted by atomic mass is 79.9. The van der Waals surface area contributed by atoms with E-state index in [0.29, 0.717) is 34.3 Å². The van der Waals surface area contributed by atoms with Gasteiger partial charge in [-0.2, -0.15) is 0 Å². The van der Waals surface area contributed by atoms with E-state index in [4.69, 9.17) is 9.15 Å². The summed E-state index contributed by atoms with van der Waals surface area (Å²) in [6.07, 6.45) is 0. The summed E-state index contributed by atoms with van der Waals surface area (Å²) in [6.45, 7) is 0.773. The van der Waals surface area contributed by atoms with Gasteiger partial charge < -0.3 is 19.4 Å². The van der Waals surface area contributed by atoms with Gasteiger partial charge in [0.2, 0.25) is 0 Å². The number of likely N-dealkylation sites (N-methyl/N-ethyl adjacent to an activating group) is 1. The van der Waals surface area contributed by atoms with Gasteiger partial charge in [0, 0.05) is 23.2 Å². The van der Waals surface area contributed by atoms with Crippen molar-refractivity contribution in [3.63, 3.8) is 0 Å². The minimum Gasteiger partial charge on any atom is -0.481 e. The molecule has 0 bridgehead atoms. The van der Waals surface area contributed by atoms with Crippen molar-refractivity contribution < 1.29 is 18.3 Å². The minimum atomic E-state index is -0.563. The SMILES string of the molecule is CN(C)CCn1c(=O)oc2ccc(NC(=O)COc3ccc(Br)cc3F)cc21. The monoisotopic (exact) mass is 451 g/mol. The van der Waals surface area contributed by atoms with Crippen molar-refractivity contribution in [2.75, 3.05) is 32.6 Å². The van der Waals surface area contributed by atoms with Crippen LogP contribution >= 0.6 is 15.9 Å². The van der Waals surface area contributed by atoms with E-state index in [2.05, 4.69) is 21.2 Å². The molecule has 1 heterocycles. The van der Waals surface area contributed by atoms with Crippen LogP contribution in [0.5, 0.6) is 5.75 Å². The van der Waals surface area contributed by atoms with Gasteiger partial charge in [-0.15, -0.1) is 0 Å². The first kappa shape index (κ1) is 20.1. The molecule has 1 N–H and O–H groups in total. The topological polar surface area (TPSA) is 76.7 Å². The largest absolute Gasteiger partial charge is 0.481 e. The van der Waals surface area contributed by atoms with Gasteiger partial charge in [0.25, 0.3) is 5.91 Å². The molecule has 9 heteroatoms. The maximum absolute atomic E-state index is 13.7. The first-order chi connectivity index (χ1) is 13.3. The number of rotatable bonds is 7. The van der Waals surface area contributed by atoms with Crippen molar-refractivity contribution in [2.24, 2.45) is 0 Å². The van der Waals surface area contributed by atoms with Crippen molar-refractivity contribution in [1.82, 2.24) is 9.47 Å². The predicted molar refractivity (Wildman–Crippen MR) is 107 cm³/mol. The highest BCUT2D eigenvalue weighted by Crippen LogP contribution is 2.22. The maximum atomic E-state index is 13.7. The Morgan fingerprint density at radius 1 is 1.29 bits per heavy atom. The van der Waals surface area contributed by atoms with E-state index in [-0.39, 0.29) is 12.4 Å². The van der Waals surface area contributed by atoms with Gasteiger partial charge in [-0.1, -0.05) is 15.9 Å². The van der Waals surface area contributed by atoms with E-state index in [1.165, 1.54) is 16.7 Å². The van der Waals surface area contributed by atoms with Crippen LogP contribution in [0.2, 0.25) is 0 Å². The number of nitrogens with one attached hydrogen (secondary N) is 1. The van der Waals surface area contributed by atoms with Gasteiger partial charge in [-0.05, 0) is 50.5 Å². The minimum absolute atomic E-state index is 0.0128. The number of carbonyl (C=O) groups excluding carboxylic acids is 1. The quantitative estimate of drug-likeness (QED) is 0.597. The number of carbonyl (C=O) groups is 1. The fourth-order valence-corrected chi connectivity index (χ4v) is 2.92. The van der Waals surface area contributed by atoms with E-state index in [9.17, 15) is 14.0 Å². The molecule has 0 aliphatic carbocycles. The second-order valence-corrected chi connectivity index (χ2v) is 7.33. The molecule has 0 unspecified atom stereocenters. The van der Waals surface area contributed by atoms with Crippen LogP contribution in [-0.4, -0.2) is 42.6 Å². The van der Waals surface area contributed by atoms with Crippen molar-refractivity contribution in [2.45, 2.75) is 6.54 Å². The lowest BCUT2D eigenvalue weighted by Crippen LogP contribution is -2.23. The summed E-state index contributed by atoms with van der Waals surface area (Å²) in [7, 11) is 3.82. The number of hydrogen-bond acceptors (Lipinski definition) is 5. The van der Waals surface area contributed by atoms with Crippen LogP contribution in [-0.2, 0) is 11.3 Å². The average Bonchev–Trinajstić information content (AvgIpc) is 2.93. The molecule has 0 aliphatic heterocycles. The Hall–Kier alpha value is -2.65. The number of aromatic nitrogens is 1. The van der Waals surface area contributed by atoms with Crippen LogP contribution < -0.4 is 15.8 Å². The van der Waals surface area contributed by atoms with E-state index in [0.717, 1.165) is 0 Å². The zero-order valence-corrected chi connectivity index (χ0v) is 17.0. The van der Waals surface area contributed by atoms with Crippen LogP contribution in [0.1, 0.15) is 0 Å². The second-order valence-electron chi connectivity index (χ2n) is 6.42. The number of ether oxygens (including phenoxy) is 1. The van der Waals surface area contributed by atoms with Gasteiger partial charge in [0.15, 0.2) is 23.8 Å². The van der Waals surface area contributed by atoms with Crippen LogP contribution in [0.3, 0.4) is 0 Å². The lowest BCUT2D eigenvalue weighted by molar-refractivity contribution is -0.118. The Morgan fingerprint density at radius 3 is 2.79 bits per heavy atom. The molecule has 148 valence electrons. The Morgan fingerprint density at radius 2 is 2.07 bits per heavy atom. The summed E-state index contributed by atoms with van der Waals surface area (Å²) >= 11 is 3.16. The normalized spacial score (nSPS) is 11.2. The molecular formula is C19H19BrFN3O4. The Balaban J connectivity index is 1.70. The van der Waals surface area contributed by atoms with Gasteiger partial charge in [0.1, 0.15) is 0 Å². The van der Waals surface area contributed by atoms with Gasteiger partial charge in [0.05, 0.1) is 5.52 Å². The van der Waals surface area contributed by atoms with E-state index < -0.39 is 17.5 Å². The fraction of sp³-hybridized carbons (Fsp3) is 0.263. The van der Waals surface area contributed by atoms with Crippen LogP contribution in [0.25, 0.3) is 11.1 Å². The molecule has 0 atom stereocenters. The molecule has 7 nitrogen and oxygen atoms in total. The van der Waals surface area contributed by atoms with E-state index in [1.54, 1.807) is 24.3 Å². The van der Waals surface area contributed by atoms with Crippen LogP contribution in [0.15, 0.2) is 50.1 Å². The molecule has 0 fully saturated rings. The molecule has 3 rings (SSSR count). The Bertz CT molecular complexity index is 1060. The number of benzene rings is 2. The summed E-state index contributed by atoms with van der Waals surface area (Å²) in [5.74, 6) is -1.48. The van der Waals surface area contributed by atoms with E-state index in [1.807, 2.05) is 19.0 Å². The Kier molecular flexibility index (Phi) is 6.15. The zero-order valence-electron chi connectivity index (χ0n) is 15.4. The number of hydrogen-bond donors (Lipinski definition) is 1. The van der Waals surface area contributed by atoms with Crippen molar-refractivity contribution in [3.05, 3.63) is 57.2 Å². The predicted octanol–water partition coefficient (Wildman–Crippen LogP) is 3.08. The van der Waals surface area contributed by atoms with Crippen molar-refractivity contribution >= 4 is 38.6 Å². The molecular weight excluding hydrogens is 433 g/mol. The number of halogens is 2. The summed E-state index contributed by atoms with van der Waals surface area (Å²) in [4.78, 5) is 26.1. The lowest BCUT2D eigenvalue weighted by atomic mass is 10.2. The average molecular weight is 452 g/mol. The third-order valence-corrected chi connectivity index (χ3v) is 4.47. The Labute approximate surface area is 168 Å². The third kappa shape index (κ3) is 4.79. The van der Waals surface area contributed by atoms with Gasteiger partial charge >= 0.3 is 5.76 Å². The summed E-state index contributed by atoms with van der Waals surface area (Å²) < 4.78 is 26.3. The fourth-order valence-electron chi connectivity index (χ4n) is 2.58. The van der Waals surface area contributed by atoms with E-state index >= 15 is 0 Å². The van der Waals surface area contributed by atoms with Crippen LogP contribution in [0, 0.1) is 5.82 Å². The van der Waals surface area contributed by atoms with Crippen molar-refractivity contribution in [3.8, 4) is 5.75 Å². The number of anilines is 1. The smallest absolute Gasteiger partial charge is 0.419 e. The summed E-state index contributed by atoms with van der Waals surface area (Å²) in [6, 6.07) is 9.22. The molecule has 0 saturated carbocycles. The number of oxazole rings is 1. The number of amides is 1. The van der Waals surface area contributed by atoms with Gasteiger partial charge in [-0.3, -0.25) is 9.36 Å². The maximum Gasteiger partial charge on any atom is 0.419 e. The summed E-state index contributed by atoms with van der Waals surface area (Å²) in [5.41, 5.74) is 1.51. The summed E-state index contributed by atoms with van der Waals surface area (Å²) in [5, 5.41) is 2.67. The first-order valence-corrected chi connectivity index (χ1v) is 9.28. The molecule has 1 aromatic heterocycles. The van der Waals surface area contributed by atoms with Crippen molar-refractivity contribution in [1.29, 1.82) is 0 Å². The standard InChI is InChI=1S/C19H19BrFN3O4/c1-23(2)7-8-24-15-10-13(4-6-17(15)28-19(24)26)22-18(25)11-27-16-5-3-12(20)9-14(16)21/h3-6,9-10H,7-8,11H2,1-2H3,(H,22,25). The third-order valence-electron chi connectivity index (χ3n) is 3.97. The molecule has 0 saturated heterocycles. The number of nitrogens with zero attached hydrogens (tertiary/aromatic N) is 2. The van der Waals surface area contributed by atoms with Crippen LogP contribution in [0.4, 0.5) is 10.1 Å². The molecule has 0 aliphatic rings. The second kappa shape index (κ2) is 8.57. The lowest BCUT2D eigenvalue weighted by Gasteiger charge is -2.10. The molecule has 1 amide bonds. The molecule has 3 aromatic rings. The first-order valence-electron chi connectivity index (χ1n) is 8.49. The molecule has 2 aromatic carbocycles. The molecule has 0 spiro atoms. The highest BCUT2D eigenvalue weighted by molar-refractivity contribution is 9.10. The zero-order chi connectivity index (χ0) is 20.3. The van der Waals surface area contributed by atoms with Gasteiger partial charge in [-0.25, -0.2) is 9.18 Å². The molecule has 28 heavy (non-hydrogen) atoms.